The summed E-state index contributed by atoms with van der Waals surface area (Å²) in [7, 11) is 0. The largest absolute Gasteiger partial charge is 0.277 e. The predicted octanol–water partition coefficient (Wildman–Crippen LogP) is 1.20. The van der Waals surface area contributed by atoms with E-state index in [1.54, 1.807) is 0 Å². The van der Waals surface area contributed by atoms with Gasteiger partial charge in [-0.2, -0.15) is 0 Å². The molecule has 0 amide bonds. The summed E-state index contributed by atoms with van der Waals surface area (Å²) < 4.78 is 9.16. The van der Waals surface area contributed by atoms with Gasteiger partial charge in [-0.1, -0.05) is 0 Å². The third-order valence-corrected chi connectivity index (χ3v) is 1.40. The first-order valence-corrected chi connectivity index (χ1v) is 2.65. The van der Waals surface area contributed by atoms with Crippen LogP contribution in [-0.2, 0) is 7.81 Å². The summed E-state index contributed by atoms with van der Waals surface area (Å²) in [6.07, 6.45) is 0. The van der Waals surface area contributed by atoms with Crippen LogP contribution in [0.1, 0.15) is 0 Å². The minimum absolute atomic E-state index is 0.657. The van der Waals surface area contributed by atoms with Crippen molar-refractivity contribution < 1.29 is 7.81 Å². The van der Waals surface area contributed by atoms with Crippen LogP contribution in [0, 0.1) is 0 Å². The smallest absolute Gasteiger partial charge is 0.172 e. The number of hydrogen-bond donors (Lipinski definition) is 0. The highest BCUT2D eigenvalue weighted by Crippen LogP contribution is 2.24. The molecule has 0 saturated carbocycles. The molecule has 2 nitrogen and oxygen atoms in total. The average Bonchev–Trinajstić information content (AvgIpc) is 1.76. The summed E-state index contributed by atoms with van der Waals surface area (Å²) in [5.41, 5.74) is 0. The molecular weight excluding hydrogens is 108 g/mol. The SMILES string of the molecule is C1OSOS1. The molecule has 1 fully saturated rings. The molecule has 0 N–H and O–H groups in total. The van der Waals surface area contributed by atoms with E-state index in [0.29, 0.717) is 5.94 Å². The van der Waals surface area contributed by atoms with Gasteiger partial charge in [0.2, 0.25) is 0 Å². The summed E-state index contributed by atoms with van der Waals surface area (Å²) in [5, 5.41) is 0. The van der Waals surface area contributed by atoms with Gasteiger partial charge >= 0.3 is 0 Å². The summed E-state index contributed by atoms with van der Waals surface area (Å²) in [6, 6.07) is 0. The van der Waals surface area contributed by atoms with Crippen molar-refractivity contribution in [2.24, 2.45) is 0 Å². The van der Waals surface area contributed by atoms with E-state index in [9.17, 15) is 0 Å². The Bertz CT molecular complexity index is 19.2. The molecule has 1 heterocycles. The van der Waals surface area contributed by atoms with Crippen LogP contribution < -0.4 is 0 Å². The Labute approximate surface area is 38.8 Å². The minimum Gasteiger partial charge on any atom is -0.277 e. The van der Waals surface area contributed by atoms with Gasteiger partial charge in [0.05, 0.1) is 0 Å². The zero-order chi connectivity index (χ0) is 3.54. The van der Waals surface area contributed by atoms with Crippen LogP contribution in [0.25, 0.3) is 0 Å². The molecule has 0 spiro atoms. The Hall–Kier alpha value is 0.620. The highest BCUT2D eigenvalue weighted by atomic mass is 32.3. The molecule has 1 saturated heterocycles. The molecule has 0 unspecified atom stereocenters. The van der Waals surface area contributed by atoms with Crippen molar-refractivity contribution >= 4 is 24.4 Å². The fraction of sp³-hybridized carbons (Fsp3) is 1.00. The molecule has 0 aromatic heterocycles. The molecule has 0 atom stereocenters. The Morgan fingerprint density at radius 3 is 2.80 bits per heavy atom. The van der Waals surface area contributed by atoms with E-state index in [0.717, 1.165) is 12.3 Å². The molecule has 1 rings (SSSR count). The van der Waals surface area contributed by atoms with Crippen molar-refractivity contribution in [3.63, 3.8) is 0 Å². The summed E-state index contributed by atoms with van der Waals surface area (Å²) in [4.78, 5) is 0. The van der Waals surface area contributed by atoms with Crippen molar-refractivity contribution in [2.75, 3.05) is 5.94 Å². The Morgan fingerprint density at radius 1 is 1.60 bits per heavy atom. The summed E-state index contributed by atoms with van der Waals surface area (Å²) in [6.45, 7) is 0. The first kappa shape index (κ1) is 3.80. The normalized spacial score (nSPS) is 24.0. The monoisotopic (exact) mass is 110 g/mol. The van der Waals surface area contributed by atoms with Gasteiger partial charge in [0, 0.05) is 12.0 Å². The first-order valence-electron chi connectivity index (χ1n) is 1.08. The molecule has 0 aliphatic carbocycles. The van der Waals surface area contributed by atoms with Crippen LogP contribution >= 0.6 is 24.4 Å². The van der Waals surface area contributed by atoms with E-state index in [-0.39, 0.29) is 0 Å². The predicted molar refractivity (Wildman–Crippen MR) is 22.2 cm³/mol. The van der Waals surface area contributed by atoms with Crippen LogP contribution in [0.5, 0.6) is 0 Å². The molecule has 0 aromatic carbocycles. The van der Waals surface area contributed by atoms with Gasteiger partial charge in [0.15, 0.2) is 12.3 Å². The molecular formula is CH2O2S2. The maximum Gasteiger partial charge on any atom is 0.172 e. The summed E-state index contributed by atoms with van der Waals surface area (Å²) in [5.74, 6) is 0.657. The van der Waals surface area contributed by atoms with E-state index >= 15 is 0 Å². The van der Waals surface area contributed by atoms with Gasteiger partial charge in [-0.25, -0.2) is 3.63 Å². The van der Waals surface area contributed by atoms with E-state index < -0.39 is 0 Å². The molecule has 5 heavy (non-hydrogen) atoms. The van der Waals surface area contributed by atoms with Crippen LogP contribution in [0.2, 0.25) is 0 Å². The minimum atomic E-state index is 0.657. The quantitative estimate of drug-likeness (QED) is 0.436. The van der Waals surface area contributed by atoms with E-state index in [2.05, 4.69) is 7.81 Å². The van der Waals surface area contributed by atoms with Crippen LogP contribution in [-0.4, -0.2) is 5.94 Å². The molecule has 30 valence electrons. The molecule has 0 bridgehead atoms. The lowest BCUT2D eigenvalue weighted by atomic mass is 11.7. The second-order valence-corrected chi connectivity index (χ2v) is 1.88. The standard InChI is InChI=1S/CH2O2S2/c1-2-5-3-4-1/h1H2. The average molecular weight is 110 g/mol. The van der Waals surface area contributed by atoms with E-state index in [4.69, 9.17) is 0 Å². The lowest BCUT2D eigenvalue weighted by Crippen LogP contribution is -1.59. The zero-order valence-corrected chi connectivity index (χ0v) is 3.97. The fourth-order valence-electron chi connectivity index (χ4n) is 0.0982. The fourth-order valence-corrected chi connectivity index (χ4v) is 0.884. The molecule has 4 heteroatoms. The van der Waals surface area contributed by atoms with Gasteiger partial charge < -0.3 is 0 Å². The highest BCUT2D eigenvalue weighted by molar-refractivity contribution is 8.08. The number of rotatable bonds is 0. The molecule has 1 aliphatic rings. The maximum absolute atomic E-state index is 4.60. The number of hydrogen-bond acceptors (Lipinski definition) is 4. The lowest BCUT2D eigenvalue weighted by molar-refractivity contribution is 0.463. The van der Waals surface area contributed by atoms with Crippen molar-refractivity contribution in [3.05, 3.63) is 0 Å². The van der Waals surface area contributed by atoms with Gasteiger partial charge in [-0.15, -0.1) is 0 Å². The topological polar surface area (TPSA) is 18.5 Å². The first-order chi connectivity index (χ1) is 2.50. The summed E-state index contributed by atoms with van der Waals surface area (Å²) >= 11 is 2.35. The molecule has 1 aliphatic heterocycles. The molecule has 0 radical (unpaired) electrons. The van der Waals surface area contributed by atoms with Crippen molar-refractivity contribution in [3.8, 4) is 0 Å². The second kappa shape index (κ2) is 1.92. The van der Waals surface area contributed by atoms with Crippen molar-refractivity contribution in [2.45, 2.75) is 0 Å². The van der Waals surface area contributed by atoms with Gasteiger partial charge in [0.25, 0.3) is 0 Å². The van der Waals surface area contributed by atoms with Crippen molar-refractivity contribution in [1.29, 1.82) is 0 Å². The van der Waals surface area contributed by atoms with E-state index in [1.165, 1.54) is 12.0 Å². The van der Waals surface area contributed by atoms with Gasteiger partial charge in [-0.3, -0.25) is 4.18 Å². The second-order valence-electron chi connectivity index (χ2n) is 0.490. The van der Waals surface area contributed by atoms with Crippen molar-refractivity contribution in [1.82, 2.24) is 0 Å². The Balaban J connectivity index is 2.08. The molecule has 0 aromatic rings. The van der Waals surface area contributed by atoms with Crippen LogP contribution in [0.15, 0.2) is 0 Å². The maximum atomic E-state index is 4.60. The highest BCUT2D eigenvalue weighted by Gasteiger charge is 1.98. The van der Waals surface area contributed by atoms with E-state index in [1.807, 2.05) is 0 Å². The van der Waals surface area contributed by atoms with Crippen LogP contribution in [0.3, 0.4) is 0 Å². The van der Waals surface area contributed by atoms with Gasteiger partial charge in [-0.05, 0) is 0 Å². The Morgan fingerprint density at radius 2 is 2.60 bits per heavy atom. The Kier molecular flexibility index (Phi) is 1.46. The third kappa shape index (κ3) is 1.00. The van der Waals surface area contributed by atoms with Crippen LogP contribution in [0.4, 0.5) is 0 Å². The third-order valence-electron chi connectivity index (χ3n) is 0.220. The lowest BCUT2D eigenvalue weighted by Gasteiger charge is -1.68. The zero-order valence-electron chi connectivity index (χ0n) is 2.34. The van der Waals surface area contributed by atoms with Gasteiger partial charge in [0.1, 0.15) is 5.94 Å².